The third-order valence-corrected chi connectivity index (χ3v) is 2.56. The van der Waals surface area contributed by atoms with Crippen LogP contribution in [0, 0.1) is 0 Å². The smallest absolute Gasteiger partial charge is 0.403 e. The van der Waals surface area contributed by atoms with Crippen molar-refractivity contribution in [3.05, 3.63) is 42.1 Å². The minimum atomic E-state index is -0.282. The number of pyridine rings is 1. The summed E-state index contributed by atoms with van der Waals surface area (Å²) in [5.41, 5.74) is 1.59. The number of aromatic nitrogens is 1. The summed E-state index contributed by atoms with van der Waals surface area (Å²) < 4.78 is 6.85. The molecule has 2 rings (SSSR count). The van der Waals surface area contributed by atoms with E-state index in [1.807, 2.05) is 41.9 Å². The van der Waals surface area contributed by atoms with Crippen LogP contribution in [0.15, 0.2) is 36.4 Å². The number of para-hydroxylation sites is 1. The van der Waals surface area contributed by atoms with Crippen LogP contribution in [-0.4, -0.2) is 12.6 Å². The molecule has 0 bridgehead atoms. The third-order valence-electron chi connectivity index (χ3n) is 2.56. The maximum absolute atomic E-state index is 11.7. The van der Waals surface area contributed by atoms with Gasteiger partial charge in [-0.05, 0) is 19.1 Å². The van der Waals surface area contributed by atoms with Crippen molar-refractivity contribution in [2.75, 3.05) is 6.61 Å². The lowest BCUT2D eigenvalue weighted by Gasteiger charge is -2.02. The van der Waals surface area contributed by atoms with Gasteiger partial charge in [0, 0.05) is 17.5 Å². The largest absolute Gasteiger partial charge is 1.00 e. The van der Waals surface area contributed by atoms with Crippen molar-refractivity contribution >= 4 is 16.9 Å². The van der Waals surface area contributed by atoms with E-state index in [1.54, 1.807) is 13.0 Å². The van der Waals surface area contributed by atoms with E-state index in [2.05, 4.69) is 0 Å². The normalized spacial score (nSPS) is 9.76. The molecule has 1 aromatic carbocycles. The molecule has 0 amide bonds. The molecule has 0 saturated heterocycles. The number of nitrogens with zero attached hydrogens (tertiary/aromatic N) is 1. The Kier molecular flexibility index (Phi) is 4.86. The van der Waals surface area contributed by atoms with Crippen LogP contribution < -0.4 is 28.5 Å². The van der Waals surface area contributed by atoms with Crippen LogP contribution in [0.1, 0.15) is 17.4 Å². The summed E-state index contributed by atoms with van der Waals surface area (Å²) in [4.78, 5) is 11.7. The molecular formula is C13H14INO2. The van der Waals surface area contributed by atoms with E-state index >= 15 is 0 Å². The lowest BCUT2D eigenvalue weighted by Crippen LogP contribution is -3.00. The van der Waals surface area contributed by atoms with Gasteiger partial charge in [-0.15, -0.1) is 0 Å². The number of aryl methyl sites for hydroxylation is 1. The van der Waals surface area contributed by atoms with Crippen molar-refractivity contribution in [1.29, 1.82) is 0 Å². The van der Waals surface area contributed by atoms with Crippen LogP contribution >= 0.6 is 0 Å². The molecular weight excluding hydrogens is 329 g/mol. The van der Waals surface area contributed by atoms with Gasteiger partial charge in [0.15, 0.2) is 0 Å². The first-order valence-electron chi connectivity index (χ1n) is 5.29. The molecule has 0 N–H and O–H groups in total. The van der Waals surface area contributed by atoms with E-state index < -0.39 is 0 Å². The van der Waals surface area contributed by atoms with Crippen molar-refractivity contribution in [3.63, 3.8) is 0 Å². The molecule has 1 heterocycles. The van der Waals surface area contributed by atoms with E-state index in [0.717, 1.165) is 10.9 Å². The van der Waals surface area contributed by atoms with Crippen LogP contribution in [0.3, 0.4) is 0 Å². The number of fused-ring (bicyclic) bond motifs is 1. The second-order valence-electron chi connectivity index (χ2n) is 3.56. The van der Waals surface area contributed by atoms with E-state index in [4.69, 9.17) is 4.74 Å². The number of halogens is 1. The summed E-state index contributed by atoms with van der Waals surface area (Å²) in [6, 6.07) is 11.7. The van der Waals surface area contributed by atoms with Crippen LogP contribution in [0.4, 0.5) is 0 Å². The molecule has 0 fully saturated rings. The Morgan fingerprint density at radius 3 is 2.65 bits per heavy atom. The molecule has 4 heteroatoms. The third kappa shape index (κ3) is 2.74. The van der Waals surface area contributed by atoms with Gasteiger partial charge in [0.05, 0.1) is 6.61 Å². The average Bonchev–Trinajstić information content (AvgIpc) is 2.30. The predicted octanol–water partition coefficient (Wildman–Crippen LogP) is -1.15. The first-order valence-corrected chi connectivity index (χ1v) is 5.29. The number of hydrogen-bond acceptors (Lipinski definition) is 2. The fourth-order valence-electron chi connectivity index (χ4n) is 1.75. The zero-order valence-electron chi connectivity index (χ0n) is 9.81. The van der Waals surface area contributed by atoms with Gasteiger partial charge in [0.25, 0.3) is 5.69 Å². The van der Waals surface area contributed by atoms with E-state index in [0.29, 0.717) is 12.3 Å². The highest BCUT2D eigenvalue weighted by Gasteiger charge is 2.19. The molecule has 0 aliphatic rings. The average molecular weight is 343 g/mol. The van der Waals surface area contributed by atoms with Crippen LogP contribution in [-0.2, 0) is 11.8 Å². The van der Waals surface area contributed by atoms with E-state index in [-0.39, 0.29) is 29.9 Å². The summed E-state index contributed by atoms with van der Waals surface area (Å²) in [7, 11) is 1.87. The highest BCUT2D eigenvalue weighted by Crippen LogP contribution is 2.10. The maximum Gasteiger partial charge on any atom is 0.403 e. The highest BCUT2D eigenvalue weighted by molar-refractivity contribution is 5.88. The molecule has 0 radical (unpaired) electrons. The molecule has 2 aromatic rings. The standard InChI is InChI=1S/C13H14NO2.HI/c1-3-16-13(15)12-9-8-10-6-4-5-7-11(10)14(12)2;/h4-9H,3H2,1-2H3;1H/q+1;/p-1. The summed E-state index contributed by atoms with van der Waals surface area (Å²) in [5, 5.41) is 1.11. The topological polar surface area (TPSA) is 30.2 Å². The first-order chi connectivity index (χ1) is 7.74. The second kappa shape index (κ2) is 5.95. The van der Waals surface area contributed by atoms with Crippen molar-refractivity contribution in [2.24, 2.45) is 7.05 Å². The van der Waals surface area contributed by atoms with Gasteiger partial charge < -0.3 is 28.7 Å². The minimum Gasteiger partial charge on any atom is -1.00 e. The van der Waals surface area contributed by atoms with Crippen molar-refractivity contribution in [3.8, 4) is 0 Å². The number of carbonyl (C=O) groups excluding carboxylic acids is 1. The lowest BCUT2D eigenvalue weighted by atomic mass is 10.2. The van der Waals surface area contributed by atoms with Crippen LogP contribution in [0.2, 0.25) is 0 Å². The van der Waals surface area contributed by atoms with Gasteiger partial charge in [-0.25, -0.2) is 4.79 Å². The molecule has 17 heavy (non-hydrogen) atoms. The molecule has 3 nitrogen and oxygen atoms in total. The zero-order chi connectivity index (χ0) is 11.5. The number of ether oxygens (including phenoxy) is 1. The Balaban J connectivity index is 0.00000144. The quantitative estimate of drug-likeness (QED) is 0.392. The highest BCUT2D eigenvalue weighted by atomic mass is 127. The van der Waals surface area contributed by atoms with Gasteiger partial charge in [-0.2, -0.15) is 4.57 Å². The number of carbonyl (C=O) groups is 1. The van der Waals surface area contributed by atoms with Gasteiger partial charge in [0.1, 0.15) is 7.05 Å². The van der Waals surface area contributed by atoms with Crippen molar-refractivity contribution in [1.82, 2.24) is 0 Å². The second-order valence-corrected chi connectivity index (χ2v) is 3.56. The van der Waals surface area contributed by atoms with Gasteiger partial charge in [-0.3, -0.25) is 0 Å². The maximum atomic E-state index is 11.7. The molecule has 90 valence electrons. The first kappa shape index (κ1) is 13.9. The zero-order valence-corrected chi connectivity index (χ0v) is 12.0. The Morgan fingerprint density at radius 2 is 1.94 bits per heavy atom. The fourth-order valence-corrected chi connectivity index (χ4v) is 1.75. The SMILES string of the molecule is CCOC(=O)c1ccc2ccccc2[n+]1C.[I-]. The molecule has 0 unspecified atom stereocenters. The number of hydrogen-bond donors (Lipinski definition) is 0. The molecule has 0 aliphatic heterocycles. The van der Waals surface area contributed by atoms with Gasteiger partial charge in [0.2, 0.25) is 5.52 Å². The van der Waals surface area contributed by atoms with Gasteiger partial charge in [-0.1, -0.05) is 12.1 Å². The Labute approximate surface area is 117 Å². The van der Waals surface area contributed by atoms with Crippen LogP contribution in [0.25, 0.3) is 10.9 Å². The Hall–Kier alpha value is -1.17. The molecule has 1 aromatic heterocycles. The summed E-state index contributed by atoms with van der Waals surface area (Å²) >= 11 is 0. The van der Waals surface area contributed by atoms with E-state index in [1.165, 1.54) is 0 Å². The monoisotopic (exact) mass is 343 g/mol. The molecule has 0 aliphatic carbocycles. The van der Waals surface area contributed by atoms with E-state index in [9.17, 15) is 4.79 Å². The van der Waals surface area contributed by atoms with Crippen molar-refractivity contribution in [2.45, 2.75) is 6.92 Å². The molecule has 0 atom stereocenters. The molecule has 0 spiro atoms. The minimum absolute atomic E-state index is 0. The predicted molar refractivity (Wildman–Crippen MR) is 61.1 cm³/mol. The van der Waals surface area contributed by atoms with Gasteiger partial charge >= 0.3 is 5.97 Å². The summed E-state index contributed by atoms with van der Waals surface area (Å²) in [6.45, 7) is 2.20. The lowest BCUT2D eigenvalue weighted by molar-refractivity contribution is -0.647. The number of esters is 1. The number of rotatable bonds is 2. The summed E-state index contributed by atoms with van der Waals surface area (Å²) in [5.74, 6) is -0.282. The van der Waals surface area contributed by atoms with Crippen molar-refractivity contribution < 1.29 is 38.1 Å². The summed E-state index contributed by atoms with van der Waals surface area (Å²) in [6.07, 6.45) is 0. The molecule has 0 saturated carbocycles. The Morgan fingerprint density at radius 1 is 1.24 bits per heavy atom. The number of benzene rings is 1. The van der Waals surface area contributed by atoms with Crippen LogP contribution in [0.5, 0.6) is 0 Å². The fraction of sp³-hybridized carbons (Fsp3) is 0.231. The Bertz CT molecular complexity index is 540.